The van der Waals surface area contributed by atoms with Crippen LogP contribution in [-0.4, -0.2) is 6.21 Å². The summed E-state index contributed by atoms with van der Waals surface area (Å²) in [4.78, 5) is 4.55. The van der Waals surface area contributed by atoms with E-state index in [1.54, 1.807) is 0 Å². The van der Waals surface area contributed by atoms with Gasteiger partial charge in [0.25, 0.3) is 0 Å². The van der Waals surface area contributed by atoms with E-state index in [-0.39, 0.29) is 0 Å². The number of fused-ring (bicyclic) bond motifs is 2. The lowest BCUT2D eigenvalue weighted by Gasteiger charge is -2.11. The first-order chi connectivity index (χ1) is 7.43. The van der Waals surface area contributed by atoms with E-state index in [4.69, 9.17) is 0 Å². The Morgan fingerprint density at radius 1 is 1.07 bits per heavy atom. The third-order valence-electron chi connectivity index (χ3n) is 2.99. The van der Waals surface area contributed by atoms with Crippen molar-refractivity contribution in [2.24, 2.45) is 4.99 Å². The Bertz CT molecular complexity index is 478. The average molecular weight is 195 g/mol. The molecule has 1 aliphatic carbocycles. The molecule has 0 spiro atoms. The van der Waals surface area contributed by atoms with Crippen LogP contribution in [0.3, 0.4) is 0 Å². The summed E-state index contributed by atoms with van der Waals surface area (Å²) in [5.74, 6) is 0. The van der Waals surface area contributed by atoms with Crippen molar-refractivity contribution in [1.82, 2.24) is 0 Å². The second-order valence-corrected chi connectivity index (χ2v) is 4.04. The van der Waals surface area contributed by atoms with Gasteiger partial charge in [-0.2, -0.15) is 0 Å². The van der Waals surface area contributed by atoms with Crippen LogP contribution in [0.25, 0.3) is 6.08 Å². The zero-order valence-electron chi connectivity index (χ0n) is 8.61. The Morgan fingerprint density at radius 3 is 2.87 bits per heavy atom. The lowest BCUT2D eigenvalue weighted by molar-refractivity contribution is 0.802. The van der Waals surface area contributed by atoms with E-state index in [1.165, 1.54) is 35.2 Å². The number of nitrogens with zero attached hydrogens (tertiary/aromatic N) is 1. The van der Waals surface area contributed by atoms with Gasteiger partial charge >= 0.3 is 0 Å². The number of hydrogen-bond acceptors (Lipinski definition) is 1. The van der Waals surface area contributed by atoms with Gasteiger partial charge in [0, 0.05) is 6.21 Å². The molecule has 3 rings (SSSR count). The normalized spacial score (nSPS) is 18.4. The Hall–Kier alpha value is -1.63. The number of hydrogen-bond donors (Lipinski definition) is 0. The van der Waals surface area contributed by atoms with Gasteiger partial charge in [-0.05, 0) is 42.0 Å². The van der Waals surface area contributed by atoms with Crippen molar-refractivity contribution >= 4 is 12.3 Å². The summed E-state index contributed by atoms with van der Waals surface area (Å²) in [5.41, 5.74) is 5.08. The zero-order valence-corrected chi connectivity index (χ0v) is 8.61. The number of benzene rings is 1. The summed E-state index contributed by atoms with van der Waals surface area (Å²) in [6, 6.07) is 8.42. The van der Waals surface area contributed by atoms with Crippen molar-refractivity contribution in [3.05, 3.63) is 52.7 Å². The molecule has 0 atom stereocenters. The van der Waals surface area contributed by atoms with E-state index in [0.717, 1.165) is 6.42 Å². The van der Waals surface area contributed by atoms with Crippen LogP contribution in [0.15, 0.2) is 46.6 Å². The van der Waals surface area contributed by atoms with Gasteiger partial charge in [-0.15, -0.1) is 0 Å². The lowest BCUT2D eigenvalue weighted by atomic mass is 9.96. The van der Waals surface area contributed by atoms with Gasteiger partial charge in [0.05, 0.1) is 5.70 Å². The summed E-state index contributed by atoms with van der Waals surface area (Å²) in [6.07, 6.45) is 10.1. The maximum absolute atomic E-state index is 4.55. The lowest BCUT2D eigenvalue weighted by Crippen LogP contribution is -1.93. The van der Waals surface area contributed by atoms with E-state index in [9.17, 15) is 0 Å². The zero-order chi connectivity index (χ0) is 10.1. The molecule has 1 heteroatoms. The van der Waals surface area contributed by atoms with Gasteiger partial charge < -0.3 is 0 Å². The molecule has 0 fully saturated rings. The van der Waals surface area contributed by atoms with Gasteiger partial charge in [-0.3, -0.25) is 4.99 Å². The van der Waals surface area contributed by atoms with E-state index in [1.807, 2.05) is 6.21 Å². The maximum Gasteiger partial charge on any atom is 0.0622 e. The van der Waals surface area contributed by atoms with Gasteiger partial charge in [0.2, 0.25) is 0 Å². The summed E-state index contributed by atoms with van der Waals surface area (Å²) in [5, 5.41) is 0. The maximum atomic E-state index is 4.55. The highest BCUT2D eigenvalue weighted by atomic mass is 14.7. The molecule has 0 radical (unpaired) electrons. The van der Waals surface area contributed by atoms with Crippen LogP contribution >= 0.6 is 0 Å². The molecule has 15 heavy (non-hydrogen) atoms. The molecule has 2 aliphatic rings. The van der Waals surface area contributed by atoms with Crippen LogP contribution in [-0.2, 0) is 0 Å². The molecule has 0 amide bonds. The molecule has 0 aromatic heterocycles. The molecule has 1 aliphatic heterocycles. The van der Waals surface area contributed by atoms with Gasteiger partial charge in [0.1, 0.15) is 0 Å². The summed E-state index contributed by atoms with van der Waals surface area (Å²) < 4.78 is 0. The third kappa shape index (κ3) is 1.54. The highest BCUT2D eigenvalue weighted by Crippen LogP contribution is 2.29. The minimum atomic E-state index is 1.16. The van der Waals surface area contributed by atoms with Crippen molar-refractivity contribution in [3.63, 3.8) is 0 Å². The van der Waals surface area contributed by atoms with Gasteiger partial charge in [-0.25, -0.2) is 0 Å². The Morgan fingerprint density at radius 2 is 1.93 bits per heavy atom. The smallest absolute Gasteiger partial charge is 0.0622 e. The Kier molecular flexibility index (Phi) is 2.02. The SMILES string of the molecule is C1=NC2=CCCCC2=Cc2ccccc21. The Labute approximate surface area is 89.9 Å². The molecule has 0 saturated heterocycles. The van der Waals surface area contributed by atoms with Crippen LogP contribution < -0.4 is 0 Å². The first-order valence-electron chi connectivity index (χ1n) is 5.48. The molecule has 74 valence electrons. The molecule has 1 aromatic carbocycles. The molecule has 0 unspecified atom stereocenters. The molecule has 0 bridgehead atoms. The summed E-state index contributed by atoms with van der Waals surface area (Å²) >= 11 is 0. The van der Waals surface area contributed by atoms with E-state index >= 15 is 0 Å². The molecule has 1 nitrogen and oxygen atoms in total. The predicted octanol–water partition coefficient (Wildman–Crippen LogP) is 3.57. The molecule has 1 heterocycles. The Balaban J connectivity index is 2.18. The van der Waals surface area contributed by atoms with Crippen LogP contribution in [0.1, 0.15) is 30.4 Å². The summed E-state index contributed by atoms with van der Waals surface area (Å²) in [6.45, 7) is 0. The second-order valence-electron chi connectivity index (χ2n) is 4.04. The summed E-state index contributed by atoms with van der Waals surface area (Å²) in [7, 11) is 0. The van der Waals surface area contributed by atoms with Gasteiger partial charge in [-0.1, -0.05) is 30.3 Å². The van der Waals surface area contributed by atoms with Crippen molar-refractivity contribution in [1.29, 1.82) is 0 Å². The first kappa shape index (κ1) is 8.66. The molecule has 0 N–H and O–H groups in total. The van der Waals surface area contributed by atoms with E-state index in [0.29, 0.717) is 0 Å². The van der Waals surface area contributed by atoms with Crippen molar-refractivity contribution < 1.29 is 0 Å². The largest absolute Gasteiger partial charge is 0.256 e. The minimum absolute atomic E-state index is 1.16. The standard InChI is InChI=1S/C14H13N/c1-2-7-13-10-15-14-8-4-3-6-12(14)9-11(13)5-1/h1-2,5,7-10H,3-4,6H2. The van der Waals surface area contributed by atoms with Crippen LogP contribution in [0, 0.1) is 0 Å². The molecular weight excluding hydrogens is 182 g/mol. The average Bonchev–Trinajstić information content (AvgIpc) is 2.48. The number of aliphatic imine (C=N–C) groups is 1. The highest BCUT2D eigenvalue weighted by Gasteiger charge is 2.12. The quantitative estimate of drug-likeness (QED) is 0.600. The predicted molar refractivity (Wildman–Crippen MR) is 63.9 cm³/mol. The number of allylic oxidation sites excluding steroid dienone is 2. The fraction of sp³-hybridized carbons (Fsp3) is 0.214. The van der Waals surface area contributed by atoms with Crippen molar-refractivity contribution in [2.75, 3.05) is 0 Å². The first-order valence-corrected chi connectivity index (χ1v) is 5.48. The topological polar surface area (TPSA) is 12.4 Å². The van der Waals surface area contributed by atoms with Crippen molar-refractivity contribution in [2.45, 2.75) is 19.3 Å². The fourth-order valence-electron chi connectivity index (χ4n) is 2.16. The second kappa shape index (κ2) is 3.50. The van der Waals surface area contributed by atoms with Crippen LogP contribution in [0.2, 0.25) is 0 Å². The van der Waals surface area contributed by atoms with Crippen LogP contribution in [0.4, 0.5) is 0 Å². The molecular formula is C14H13N. The fourth-order valence-corrected chi connectivity index (χ4v) is 2.16. The monoisotopic (exact) mass is 195 g/mol. The van der Waals surface area contributed by atoms with Crippen molar-refractivity contribution in [3.8, 4) is 0 Å². The molecule has 0 saturated carbocycles. The molecule has 1 aromatic rings. The van der Waals surface area contributed by atoms with E-state index in [2.05, 4.69) is 41.4 Å². The third-order valence-corrected chi connectivity index (χ3v) is 2.99. The number of rotatable bonds is 0. The van der Waals surface area contributed by atoms with E-state index < -0.39 is 0 Å². The highest BCUT2D eigenvalue weighted by molar-refractivity contribution is 5.89. The minimum Gasteiger partial charge on any atom is -0.256 e. The van der Waals surface area contributed by atoms with Crippen LogP contribution in [0.5, 0.6) is 0 Å². The van der Waals surface area contributed by atoms with Gasteiger partial charge in [0.15, 0.2) is 0 Å².